The summed E-state index contributed by atoms with van der Waals surface area (Å²) >= 11 is 0. The lowest BCUT2D eigenvalue weighted by atomic mass is 9.69. The number of amides is 1. The second kappa shape index (κ2) is 6.16. The molecule has 146 valence electrons. The molecule has 0 unspecified atom stereocenters. The molecule has 3 atom stereocenters. The zero-order valence-electron chi connectivity index (χ0n) is 16.3. The number of methoxy groups -OCH3 is 1. The maximum Gasteiger partial charge on any atom is 0.410 e. The Hall–Kier alpha value is -2.21. The fraction of sp³-hybridized carbons (Fsp3) is 0.571. The summed E-state index contributed by atoms with van der Waals surface area (Å²) in [6, 6.07) is 3.89. The van der Waals surface area contributed by atoms with Crippen LogP contribution < -0.4 is 9.47 Å². The van der Waals surface area contributed by atoms with E-state index in [1.807, 2.05) is 39.0 Å². The summed E-state index contributed by atoms with van der Waals surface area (Å²) in [5.41, 5.74) is 1.24. The molecule has 1 aromatic rings. The van der Waals surface area contributed by atoms with Gasteiger partial charge in [0, 0.05) is 25.1 Å². The quantitative estimate of drug-likeness (QED) is 0.766. The standard InChI is InChI=1S/C21H27NO5/c1-20(2,3)27-19(24)22-10-9-21-8-7-14(23)11-16(21)26-18-15(25-4)6-5-13(12-22)17(18)21/h5-8,14,16,23H,9-12H2,1-4H3/t14-,16-,21-/m0/s1. The van der Waals surface area contributed by atoms with E-state index in [4.69, 9.17) is 14.2 Å². The van der Waals surface area contributed by atoms with Crippen molar-refractivity contribution in [2.45, 2.75) is 63.4 Å². The van der Waals surface area contributed by atoms with Gasteiger partial charge in [0.25, 0.3) is 0 Å². The molecular weight excluding hydrogens is 346 g/mol. The summed E-state index contributed by atoms with van der Waals surface area (Å²) in [4.78, 5) is 14.5. The van der Waals surface area contributed by atoms with Crippen LogP contribution in [0.2, 0.25) is 0 Å². The second-order valence-electron chi connectivity index (χ2n) is 8.59. The van der Waals surface area contributed by atoms with Crippen molar-refractivity contribution in [2.24, 2.45) is 0 Å². The molecule has 6 heteroatoms. The van der Waals surface area contributed by atoms with Gasteiger partial charge in [-0.3, -0.25) is 0 Å². The Kier molecular flexibility index (Phi) is 4.14. The Balaban J connectivity index is 1.77. The Morgan fingerprint density at radius 1 is 1.37 bits per heavy atom. The number of benzene rings is 1. The Bertz CT molecular complexity index is 796. The van der Waals surface area contributed by atoms with Gasteiger partial charge in [-0.2, -0.15) is 0 Å². The summed E-state index contributed by atoms with van der Waals surface area (Å²) in [7, 11) is 1.63. The van der Waals surface area contributed by atoms with Gasteiger partial charge in [-0.25, -0.2) is 4.79 Å². The third-order valence-electron chi connectivity index (χ3n) is 5.61. The van der Waals surface area contributed by atoms with Crippen molar-refractivity contribution < 1.29 is 24.1 Å². The van der Waals surface area contributed by atoms with Crippen LogP contribution in [0.5, 0.6) is 11.5 Å². The van der Waals surface area contributed by atoms with Crippen LogP contribution in [0, 0.1) is 0 Å². The topological polar surface area (TPSA) is 68.2 Å². The van der Waals surface area contributed by atoms with Crippen LogP contribution in [0.25, 0.3) is 0 Å². The second-order valence-corrected chi connectivity index (χ2v) is 8.59. The Morgan fingerprint density at radius 3 is 2.85 bits per heavy atom. The SMILES string of the molecule is COc1ccc2c3c1O[C@H]1C[C@@H](O)C=C[C@@]31CCN(C(=O)OC(C)(C)C)C2. The van der Waals surface area contributed by atoms with E-state index in [1.165, 1.54) is 0 Å². The highest BCUT2D eigenvalue weighted by Gasteiger charge is 2.53. The zero-order valence-corrected chi connectivity index (χ0v) is 16.3. The summed E-state index contributed by atoms with van der Waals surface area (Å²) < 4.78 is 17.4. The first-order valence-electron chi connectivity index (χ1n) is 9.46. The summed E-state index contributed by atoms with van der Waals surface area (Å²) in [5.74, 6) is 1.43. The maximum absolute atomic E-state index is 12.7. The lowest BCUT2D eigenvalue weighted by Crippen LogP contribution is -2.43. The molecule has 0 aromatic heterocycles. The van der Waals surface area contributed by atoms with Crippen LogP contribution in [-0.2, 0) is 16.7 Å². The van der Waals surface area contributed by atoms with Crippen molar-refractivity contribution >= 4 is 6.09 Å². The van der Waals surface area contributed by atoms with Crippen molar-refractivity contribution in [3.63, 3.8) is 0 Å². The lowest BCUT2D eigenvalue weighted by Gasteiger charge is -2.35. The zero-order chi connectivity index (χ0) is 19.4. The van der Waals surface area contributed by atoms with Gasteiger partial charge in [0.05, 0.1) is 18.6 Å². The van der Waals surface area contributed by atoms with Gasteiger partial charge in [0.2, 0.25) is 0 Å². The highest BCUT2D eigenvalue weighted by molar-refractivity contribution is 5.69. The molecule has 1 N–H and O–H groups in total. The molecule has 1 aromatic carbocycles. The molecule has 0 radical (unpaired) electrons. The third kappa shape index (κ3) is 2.96. The van der Waals surface area contributed by atoms with E-state index in [2.05, 4.69) is 6.08 Å². The smallest absolute Gasteiger partial charge is 0.410 e. The number of aliphatic hydroxyl groups is 1. The van der Waals surface area contributed by atoms with Crippen LogP contribution in [-0.4, -0.2) is 47.6 Å². The van der Waals surface area contributed by atoms with Crippen LogP contribution in [0.4, 0.5) is 4.79 Å². The molecule has 3 aliphatic rings. The number of ether oxygens (including phenoxy) is 3. The van der Waals surface area contributed by atoms with Gasteiger partial charge in [0.15, 0.2) is 11.5 Å². The first-order chi connectivity index (χ1) is 12.7. The van der Waals surface area contributed by atoms with E-state index in [0.29, 0.717) is 31.7 Å². The van der Waals surface area contributed by atoms with E-state index >= 15 is 0 Å². The van der Waals surface area contributed by atoms with Crippen molar-refractivity contribution in [3.8, 4) is 11.5 Å². The fourth-order valence-electron chi connectivity index (χ4n) is 4.42. The fourth-order valence-corrected chi connectivity index (χ4v) is 4.42. The number of hydrogen-bond donors (Lipinski definition) is 1. The number of nitrogens with zero attached hydrogens (tertiary/aromatic N) is 1. The number of rotatable bonds is 1. The first kappa shape index (κ1) is 18.2. The van der Waals surface area contributed by atoms with Crippen molar-refractivity contribution in [3.05, 3.63) is 35.4 Å². The molecule has 1 aliphatic carbocycles. The highest BCUT2D eigenvalue weighted by atomic mass is 16.6. The number of hydrogen-bond acceptors (Lipinski definition) is 5. The van der Waals surface area contributed by atoms with E-state index in [-0.39, 0.29) is 17.6 Å². The van der Waals surface area contributed by atoms with Crippen LogP contribution in [0.3, 0.4) is 0 Å². The van der Waals surface area contributed by atoms with Gasteiger partial charge >= 0.3 is 6.09 Å². The van der Waals surface area contributed by atoms with Crippen LogP contribution in [0.15, 0.2) is 24.3 Å². The molecule has 27 heavy (non-hydrogen) atoms. The highest BCUT2D eigenvalue weighted by Crippen LogP contribution is 2.55. The predicted octanol–water partition coefficient (Wildman–Crippen LogP) is 3.16. The maximum atomic E-state index is 12.7. The number of aliphatic hydroxyl groups excluding tert-OH is 1. The normalized spacial score (nSPS) is 28.7. The molecule has 1 amide bonds. The summed E-state index contributed by atoms with van der Waals surface area (Å²) in [6.45, 7) is 6.65. The number of carbonyl (C=O) groups excluding carboxylic acids is 1. The predicted molar refractivity (Wildman–Crippen MR) is 100 cm³/mol. The Morgan fingerprint density at radius 2 is 2.15 bits per heavy atom. The Labute approximate surface area is 159 Å². The molecule has 4 rings (SSSR count). The van der Waals surface area contributed by atoms with Gasteiger partial charge in [-0.1, -0.05) is 18.2 Å². The molecular formula is C21H27NO5. The minimum atomic E-state index is -0.535. The molecule has 6 nitrogen and oxygen atoms in total. The first-order valence-corrected chi connectivity index (χ1v) is 9.46. The van der Waals surface area contributed by atoms with Gasteiger partial charge in [0.1, 0.15) is 11.7 Å². The average Bonchev–Trinajstić information content (AvgIpc) is 2.81. The molecule has 0 bridgehead atoms. The minimum absolute atomic E-state index is 0.166. The van der Waals surface area contributed by atoms with Crippen LogP contribution >= 0.6 is 0 Å². The van der Waals surface area contributed by atoms with E-state index in [1.54, 1.807) is 12.0 Å². The van der Waals surface area contributed by atoms with Crippen LogP contribution in [0.1, 0.15) is 44.7 Å². The molecule has 2 aliphatic heterocycles. The molecule has 0 saturated carbocycles. The molecule has 0 fully saturated rings. The number of carbonyl (C=O) groups is 1. The van der Waals surface area contributed by atoms with E-state index in [9.17, 15) is 9.90 Å². The van der Waals surface area contributed by atoms with Gasteiger partial charge in [-0.15, -0.1) is 0 Å². The van der Waals surface area contributed by atoms with Gasteiger partial charge < -0.3 is 24.2 Å². The molecule has 2 heterocycles. The lowest BCUT2D eigenvalue weighted by molar-refractivity contribution is 0.0212. The monoisotopic (exact) mass is 373 g/mol. The van der Waals surface area contributed by atoms with Crippen molar-refractivity contribution in [2.75, 3.05) is 13.7 Å². The van der Waals surface area contributed by atoms with Crippen molar-refractivity contribution in [1.82, 2.24) is 4.90 Å². The third-order valence-corrected chi connectivity index (χ3v) is 5.61. The van der Waals surface area contributed by atoms with E-state index in [0.717, 1.165) is 16.9 Å². The summed E-state index contributed by atoms with van der Waals surface area (Å²) in [6.07, 6.45) is 4.17. The largest absolute Gasteiger partial charge is 0.493 e. The molecule has 1 spiro atoms. The van der Waals surface area contributed by atoms with E-state index < -0.39 is 11.7 Å². The summed E-state index contributed by atoms with van der Waals surface area (Å²) in [5, 5.41) is 10.1. The molecule has 0 saturated heterocycles. The van der Waals surface area contributed by atoms with Gasteiger partial charge in [-0.05, 0) is 38.8 Å². The average molecular weight is 373 g/mol. The minimum Gasteiger partial charge on any atom is -0.493 e. The van der Waals surface area contributed by atoms with Crippen molar-refractivity contribution in [1.29, 1.82) is 0 Å².